The Bertz CT molecular complexity index is 1410. The van der Waals surface area contributed by atoms with Crippen LogP contribution in [0.4, 0.5) is 0 Å². The second-order valence-electron chi connectivity index (χ2n) is 10.9. The summed E-state index contributed by atoms with van der Waals surface area (Å²) in [5.74, 6) is 0.689. The van der Waals surface area contributed by atoms with Gasteiger partial charge >= 0.3 is 0 Å². The molecule has 0 unspecified atom stereocenters. The van der Waals surface area contributed by atoms with Crippen molar-refractivity contribution >= 4 is 23.5 Å². The van der Waals surface area contributed by atoms with Gasteiger partial charge in [-0.05, 0) is 82.7 Å². The lowest BCUT2D eigenvalue weighted by atomic mass is 10.1. The van der Waals surface area contributed by atoms with Crippen molar-refractivity contribution in [3.8, 4) is 5.75 Å². The van der Waals surface area contributed by atoms with Crippen LogP contribution in [0.25, 0.3) is 0 Å². The van der Waals surface area contributed by atoms with Crippen LogP contribution in [0.15, 0.2) is 72.2 Å². The van der Waals surface area contributed by atoms with Gasteiger partial charge in [0.2, 0.25) is 0 Å². The van der Waals surface area contributed by atoms with E-state index in [-0.39, 0.29) is 5.91 Å². The van der Waals surface area contributed by atoms with Gasteiger partial charge in [-0.1, -0.05) is 49.7 Å². The van der Waals surface area contributed by atoms with E-state index in [0.29, 0.717) is 35.6 Å². The van der Waals surface area contributed by atoms with Crippen LogP contribution in [0, 0.1) is 13.8 Å². The van der Waals surface area contributed by atoms with Crippen molar-refractivity contribution in [3.05, 3.63) is 111 Å². The Morgan fingerprint density at radius 2 is 1.80 bits per heavy atom. The average Bonchev–Trinajstić information content (AvgIpc) is 3.43. The molecule has 0 radical (unpaired) electrons. The number of nitrogens with zero attached hydrogens (tertiary/aromatic N) is 3. The van der Waals surface area contributed by atoms with E-state index in [2.05, 4.69) is 83.9 Å². The number of benzene rings is 2. The maximum absolute atomic E-state index is 12.2. The number of methoxy groups -OCH3 is 1. The molecule has 2 heterocycles. The molecule has 0 aliphatic rings. The van der Waals surface area contributed by atoms with E-state index < -0.39 is 0 Å². The zero-order chi connectivity index (χ0) is 32.3. The SMILES string of the molecule is COc1cc(C=O)cc(C(=O)NCCCNCc2ccnc(C(C)C)c2)c1.Cc1ccccc1.Cc1csc(CN(C)C)n1. The summed E-state index contributed by atoms with van der Waals surface area (Å²) in [5.41, 5.74) is 5.58. The molecule has 8 nitrogen and oxygen atoms in total. The van der Waals surface area contributed by atoms with Crippen LogP contribution in [-0.4, -0.2) is 61.4 Å². The molecular formula is C35H47N5O3S. The number of hydrogen-bond donors (Lipinski definition) is 2. The van der Waals surface area contributed by atoms with Gasteiger partial charge in [0.05, 0.1) is 7.11 Å². The third kappa shape index (κ3) is 14.5. The van der Waals surface area contributed by atoms with E-state index in [9.17, 15) is 9.59 Å². The fourth-order valence-corrected chi connectivity index (χ4v) is 4.78. The summed E-state index contributed by atoms with van der Waals surface area (Å²) >= 11 is 1.73. The topological polar surface area (TPSA) is 96.5 Å². The van der Waals surface area contributed by atoms with Gasteiger partial charge < -0.3 is 20.3 Å². The highest BCUT2D eigenvalue weighted by atomic mass is 32.1. The van der Waals surface area contributed by atoms with E-state index in [0.717, 1.165) is 37.4 Å². The maximum Gasteiger partial charge on any atom is 0.251 e. The highest BCUT2D eigenvalue weighted by molar-refractivity contribution is 7.09. The molecule has 9 heteroatoms. The van der Waals surface area contributed by atoms with Crippen LogP contribution in [-0.2, 0) is 13.1 Å². The molecule has 4 rings (SSSR count). The van der Waals surface area contributed by atoms with E-state index in [1.807, 2.05) is 37.4 Å². The van der Waals surface area contributed by atoms with Crippen LogP contribution >= 0.6 is 11.3 Å². The molecule has 2 aromatic heterocycles. The lowest BCUT2D eigenvalue weighted by molar-refractivity contribution is 0.0953. The lowest BCUT2D eigenvalue weighted by Crippen LogP contribution is -2.27. The zero-order valence-corrected chi connectivity index (χ0v) is 27.9. The number of rotatable bonds is 12. The summed E-state index contributed by atoms with van der Waals surface area (Å²) in [6.07, 6.45) is 3.35. The molecular weight excluding hydrogens is 570 g/mol. The zero-order valence-electron chi connectivity index (χ0n) is 27.1. The van der Waals surface area contributed by atoms with Gasteiger partial charge in [-0.3, -0.25) is 14.6 Å². The smallest absolute Gasteiger partial charge is 0.251 e. The maximum atomic E-state index is 12.2. The number of thiazole rings is 1. The summed E-state index contributed by atoms with van der Waals surface area (Å²) in [6.45, 7) is 11.4. The summed E-state index contributed by atoms with van der Waals surface area (Å²) in [6, 6.07) is 19.2. The predicted octanol–water partition coefficient (Wildman–Crippen LogP) is 6.44. The quantitative estimate of drug-likeness (QED) is 0.139. The number of pyridine rings is 1. The average molecular weight is 618 g/mol. The number of hydrogen-bond acceptors (Lipinski definition) is 8. The van der Waals surface area contributed by atoms with Crippen molar-refractivity contribution in [1.82, 2.24) is 25.5 Å². The summed E-state index contributed by atoms with van der Waals surface area (Å²) in [7, 11) is 5.61. The second-order valence-corrected chi connectivity index (χ2v) is 11.9. The van der Waals surface area contributed by atoms with Crippen LogP contribution in [0.2, 0.25) is 0 Å². The third-order valence-electron chi connectivity index (χ3n) is 6.20. The molecule has 0 bridgehead atoms. The monoisotopic (exact) mass is 617 g/mol. The molecule has 4 aromatic rings. The Hall–Kier alpha value is -3.92. The first-order valence-electron chi connectivity index (χ1n) is 14.8. The molecule has 1 amide bonds. The van der Waals surface area contributed by atoms with Crippen molar-refractivity contribution in [2.45, 2.75) is 53.1 Å². The summed E-state index contributed by atoms with van der Waals surface area (Å²) < 4.78 is 5.12. The Morgan fingerprint density at radius 3 is 2.36 bits per heavy atom. The van der Waals surface area contributed by atoms with E-state index in [1.54, 1.807) is 29.5 Å². The predicted molar refractivity (Wildman–Crippen MR) is 181 cm³/mol. The first-order chi connectivity index (χ1) is 21.1. The minimum atomic E-state index is -0.215. The molecule has 0 aliphatic carbocycles. The Labute approximate surface area is 266 Å². The highest BCUT2D eigenvalue weighted by Gasteiger charge is 2.09. The molecule has 0 saturated carbocycles. The van der Waals surface area contributed by atoms with Gasteiger partial charge in [0.1, 0.15) is 17.0 Å². The summed E-state index contributed by atoms with van der Waals surface area (Å²) in [4.78, 5) is 34.0. The van der Waals surface area contributed by atoms with Gasteiger partial charge in [0, 0.05) is 53.7 Å². The largest absolute Gasteiger partial charge is 0.497 e. The molecule has 0 aliphatic heterocycles. The molecule has 0 spiro atoms. The number of amides is 1. The standard InChI is InChI=1S/C21H27N3O3.C7H12N2S.C7H8/c1-15(2)20-11-16(5-8-23-20)13-22-6-4-7-24-21(26)18-9-17(14-25)10-19(12-18)27-3;1-6-5-10-7(8-6)4-9(2)3;1-7-5-3-2-4-6-7/h5,8-12,14-15,22H,4,6-7,13H2,1-3H3,(H,24,26);5H,4H2,1-3H3;2-6H,1H3. The number of carbonyl (C=O) groups is 2. The first-order valence-corrected chi connectivity index (χ1v) is 15.6. The Morgan fingerprint density at radius 1 is 1.05 bits per heavy atom. The summed E-state index contributed by atoms with van der Waals surface area (Å²) in [5, 5.41) is 9.52. The normalized spacial score (nSPS) is 10.4. The number of aldehydes is 1. The van der Waals surface area contributed by atoms with Crippen LogP contribution < -0.4 is 15.4 Å². The van der Waals surface area contributed by atoms with Crippen LogP contribution in [0.1, 0.15) is 74.4 Å². The van der Waals surface area contributed by atoms with Gasteiger partial charge in [0.25, 0.3) is 5.91 Å². The van der Waals surface area contributed by atoms with Crippen LogP contribution in [0.5, 0.6) is 5.75 Å². The van der Waals surface area contributed by atoms with Crippen molar-refractivity contribution in [1.29, 1.82) is 0 Å². The number of nitrogens with one attached hydrogen (secondary N) is 2. The second kappa shape index (κ2) is 20.1. The lowest BCUT2D eigenvalue weighted by Gasteiger charge is -2.10. The van der Waals surface area contributed by atoms with Gasteiger partial charge in [-0.15, -0.1) is 11.3 Å². The third-order valence-corrected chi connectivity index (χ3v) is 7.15. The number of aryl methyl sites for hydroxylation is 2. The molecule has 44 heavy (non-hydrogen) atoms. The van der Waals surface area contributed by atoms with E-state index >= 15 is 0 Å². The molecule has 0 saturated heterocycles. The number of carbonyl (C=O) groups excluding carboxylic acids is 2. The molecule has 2 aromatic carbocycles. The van der Waals surface area contributed by atoms with Crippen molar-refractivity contribution in [3.63, 3.8) is 0 Å². The number of ether oxygens (including phenoxy) is 1. The van der Waals surface area contributed by atoms with E-state index in [4.69, 9.17) is 4.74 Å². The van der Waals surface area contributed by atoms with Crippen molar-refractivity contribution in [2.75, 3.05) is 34.3 Å². The van der Waals surface area contributed by atoms with Crippen molar-refractivity contribution < 1.29 is 14.3 Å². The number of aromatic nitrogens is 2. The molecule has 2 N–H and O–H groups in total. The molecule has 0 atom stereocenters. The van der Waals surface area contributed by atoms with Crippen molar-refractivity contribution in [2.24, 2.45) is 0 Å². The van der Waals surface area contributed by atoms with Crippen LogP contribution in [0.3, 0.4) is 0 Å². The van der Waals surface area contributed by atoms with Gasteiger partial charge in [-0.25, -0.2) is 4.98 Å². The van der Waals surface area contributed by atoms with Gasteiger partial charge in [0.15, 0.2) is 0 Å². The minimum absolute atomic E-state index is 0.215. The first kappa shape index (κ1) is 36.3. The Balaban J connectivity index is 0.000000320. The Kier molecular flexibility index (Phi) is 16.6. The fourth-order valence-electron chi connectivity index (χ4n) is 3.89. The fraction of sp³-hybridized carbons (Fsp3) is 0.371. The van der Waals surface area contributed by atoms with E-state index in [1.165, 1.54) is 23.2 Å². The highest BCUT2D eigenvalue weighted by Crippen LogP contribution is 2.16. The minimum Gasteiger partial charge on any atom is -0.497 e. The van der Waals surface area contributed by atoms with Gasteiger partial charge in [-0.2, -0.15) is 0 Å². The molecule has 236 valence electrons. The molecule has 0 fully saturated rings.